The van der Waals surface area contributed by atoms with Crippen LogP contribution in [0.3, 0.4) is 0 Å². The minimum atomic E-state index is 0. The van der Waals surface area contributed by atoms with E-state index in [4.69, 9.17) is 14.5 Å². The topological polar surface area (TPSA) is 58.1 Å². The molecule has 8 heteroatoms. The number of rotatable bonds is 9. The van der Waals surface area contributed by atoms with Gasteiger partial charge in [-0.25, -0.2) is 4.99 Å². The molecule has 3 rings (SSSR count). The molecule has 1 aromatic carbocycles. The van der Waals surface area contributed by atoms with E-state index >= 15 is 0 Å². The largest absolute Gasteiger partial charge is 0.380 e. The number of nitrogens with one attached hydrogen (secondary N) is 2. The smallest absolute Gasteiger partial charge is 0.191 e. The van der Waals surface area contributed by atoms with Crippen LogP contribution in [0.15, 0.2) is 46.8 Å². The van der Waals surface area contributed by atoms with Crippen LogP contribution in [-0.4, -0.2) is 57.4 Å². The Morgan fingerprint density at radius 3 is 2.70 bits per heavy atom. The van der Waals surface area contributed by atoms with Crippen molar-refractivity contribution >= 4 is 41.3 Å². The van der Waals surface area contributed by atoms with Crippen LogP contribution in [-0.2, 0) is 22.6 Å². The maximum Gasteiger partial charge on any atom is 0.191 e. The van der Waals surface area contributed by atoms with E-state index in [1.165, 1.54) is 16.0 Å². The number of ether oxygens (including phenoxy) is 2. The standard InChI is InChI=1S/C22H32N4O2S.HI/c1-3-23-22(24-15-18-6-4-7-19(14-18)17-27-2)25-16-20(21-8-5-13-29-21)26-9-11-28-12-10-26;/h4-8,13-14,20H,3,9-12,15-17H2,1-2H3,(H2,23,24,25);1H. The molecule has 1 atom stereocenters. The van der Waals surface area contributed by atoms with Crippen LogP contribution in [0.1, 0.15) is 29.0 Å². The predicted octanol–water partition coefficient (Wildman–Crippen LogP) is 3.64. The molecule has 0 saturated carbocycles. The third-order valence-corrected chi connectivity index (χ3v) is 5.86. The van der Waals surface area contributed by atoms with Gasteiger partial charge in [-0.15, -0.1) is 35.3 Å². The SMILES string of the molecule is CCNC(=NCc1cccc(COC)c1)NCC(c1cccs1)N1CCOCC1.I. The highest BCUT2D eigenvalue weighted by Gasteiger charge is 2.23. The van der Waals surface area contributed by atoms with Crippen LogP contribution >= 0.6 is 35.3 Å². The molecule has 1 aliphatic rings. The summed E-state index contributed by atoms with van der Waals surface area (Å²) in [6.07, 6.45) is 0. The number of hydrogen-bond donors (Lipinski definition) is 2. The summed E-state index contributed by atoms with van der Waals surface area (Å²) >= 11 is 1.81. The van der Waals surface area contributed by atoms with Gasteiger partial charge in [0, 0.05) is 38.2 Å². The number of methoxy groups -OCH3 is 1. The minimum absolute atomic E-state index is 0. The molecule has 0 aliphatic carbocycles. The fraction of sp³-hybridized carbons (Fsp3) is 0.500. The average Bonchev–Trinajstić information content (AvgIpc) is 3.28. The molecule has 2 aromatic rings. The summed E-state index contributed by atoms with van der Waals surface area (Å²) in [4.78, 5) is 8.67. The average molecular weight is 545 g/mol. The molecule has 2 heterocycles. The quantitative estimate of drug-likeness (QED) is 0.287. The molecule has 0 radical (unpaired) electrons. The molecule has 6 nitrogen and oxygen atoms in total. The van der Waals surface area contributed by atoms with Crippen LogP contribution in [0.25, 0.3) is 0 Å². The number of thiophene rings is 1. The summed E-state index contributed by atoms with van der Waals surface area (Å²) in [6.45, 7) is 8.52. The highest BCUT2D eigenvalue weighted by atomic mass is 127. The highest BCUT2D eigenvalue weighted by Crippen LogP contribution is 2.25. The number of benzene rings is 1. The minimum Gasteiger partial charge on any atom is -0.380 e. The Kier molecular flexibility index (Phi) is 11.7. The molecule has 0 spiro atoms. The van der Waals surface area contributed by atoms with Crippen molar-refractivity contribution in [2.75, 3.05) is 46.5 Å². The molecule has 1 aromatic heterocycles. The highest BCUT2D eigenvalue weighted by molar-refractivity contribution is 14.0. The van der Waals surface area contributed by atoms with Crippen molar-refractivity contribution in [3.63, 3.8) is 0 Å². The normalized spacial score (nSPS) is 16.0. The van der Waals surface area contributed by atoms with Gasteiger partial charge in [0.1, 0.15) is 0 Å². The molecule has 1 aliphatic heterocycles. The Morgan fingerprint density at radius 1 is 1.20 bits per heavy atom. The van der Waals surface area contributed by atoms with Gasteiger partial charge >= 0.3 is 0 Å². The zero-order valence-corrected chi connectivity index (χ0v) is 20.9. The van der Waals surface area contributed by atoms with Crippen LogP contribution in [0.5, 0.6) is 0 Å². The van der Waals surface area contributed by atoms with Gasteiger partial charge in [0.2, 0.25) is 0 Å². The molecule has 1 unspecified atom stereocenters. The van der Waals surface area contributed by atoms with E-state index in [-0.39, 0.29) is 24.0 Å². The Balaban J connectivity index is 0.00000320. The molecule has 1 saturated heterocycles. The summed E-state index contributed by atoms with van der Waals surface area (Å²) < 4.78 is 10.8. The molecule has 0 bridgehead atoms. The van der Waals surface area contributed by atoms with Crippen LogP contribution in [0, 0.1) is 0 Å². The van der Waals surface area contributed by atoms with Crippen molar-refractivity contribution < 1.29 is 9.47 Å². The molecule has 166 valence electrons. The first kappa shape index (κ1) is 25.1. The lowest BCUT2D eigenvalue weighted by Gasteiger charge is -2.34. The van der Waals surface area contributed by atoms with Gasteiger partial charge in [-0.3, -0.25) is 4.90 Å². The lowest BCUT2D eigenvalue weighted by atomic mass is 10.1. The first-order valence-corrected chi connectivity index (χ1v) is 11.1. The van der Waals surface area contributed by atoms with Crippen LogP contribution < -0.4 is 10.6 Å². The third kappa shape index (κ3) is 7.81. The number of morpholine rings is 1. The Labute approximate surface area is 201 Å². The number of nitrogens with zero attached hydrogens (tertiary/aromatic N) is 2. The summed E-state index contributed by atoms with van der Waals surface area (Å²) in [5.74, 6) is 0.847. The van der Waals surface area contributed by atoms with E-state index in [1.54, 1.807) is 7.11 Å². The van der Waals surface area contributed by atoms with Crippen molar-refractivity contribution in [2.45, 2.75) is 26.1 Å². The van der Waals surface area contributed by atoms with Crippen LogP contribution in [0.4, 0.5) is 0 Å². The molecular weight excluding hydrogens is 511 g/mol. The maximum atomic E-state index is 5.54. The summed E-state index contributed by atoms with van der Waals surface area (Å²) in [5, 5.41) is 9.07. The number of guanidine groups is 1. The second-order valence-electron chi connectivity index (χ2n) is 7.01. The maximum absolute atomic E-state index is 5.54. The van der Waals surface area contributed by atoms with Gasteiger partial charge in [0.15, 0.2) is 5.96 Å². The Hall–Kier alpha value is -1.20. The zero-order chi connectivity index (χ0) is 20.3. The monoisotopic (exact) mass is 544 g/mol. The van der Waals surface area contributed by atoms with E-state index < -0.39 is 0 Å². The fourth-order valence-electron chi connectivity index (χ4n) is 3.47. The summed E-state index contributed by atoms with van der Waals surface area (Å²) in [6, 6.07) is 13.1. The second kappa shape index (κ2) is 14.0. The first-order chi connectivity index (χ1) is 14.3. The molecule has 1 fully saturated rings. The molecule has 2 N–H and O–H groups in total. The van der Waals surface area contributed by atoms with Gasteiger partial charge in [-0.2, -0.15) is 0 Å². The Bertz CT molecular complexity index is 751. The van der Waals surface area contributed by atoms with E-state index in [1.807, 2.05) is 11.3 Å². The van der Waals surface area contributed by atoms with Crippen molar-refractivity contribution in [2.24, 2.45) is 4.99 Å². The first-order valence-electron chi connectivity index (χ1n) is 10.2. The van der Waals surface area contributed by atoms with Crippen LogP contribution in [0.2, 0.25) is 0 Å². The van der Waals surface area contributed by atoms with Gasteiger partial charge in [0.05, 0.1) is 32.4 Å². The number of aliphatic imine (C=N–C) groups is 1. The van der Waals surface area contributed by atoms with Gasteiger partial charge < -0.3 is 20.1 Å². The number of hydrogen-bond acceptors (Lipinski definition) is 5. The van der Waals surface area contributed by atoms with Crippen molar-refractivity contribution in [1.82, 2.24) is 15.5 Å². The third-order valence-electron chi connectivity index (χ3n) is 4.89. The van der Waals surface area contributed by atoms with E-state index in [2.05, 4.69) is 64.2 Å². The second-order valence-corrected chi connectivity index (χ2v) is 7.99. The van der Waals surface area contributed by atoms with Gasteiger partial charge in [-0.05, 0) is 29.5 Å². The zero-order valence-electron chi connectivity index (χ0n) is 17.8. The van der Waals surface area contributed by atoms with E-state index in [0.29, 0.717) is 19.2 Å². The van der Waals surface area contributed by atoms with Gasteiger partial charge in [0.25, 0.3) is 0 Å². The number of halogens is 1. The summed E-state index contributed by atoms with van der Waals surface area (Å²) in [5.41, 5.74) is 2.35. The lowest BCUT2D eigenvalue weighted by molar-refractivity contribution is 0.0177. The predicted molar refractivity (Wildman–Crippen MR) is 135 cm³/mol. The lowest BCUT2D eigenvalue weighted by Crippen LogP contribution is -2.46. The van der Waals surface area contributed by atoms with E-state index in [9.17, 15) is 0 Å². The molecule has 30 heavy (non-hydrogen) atoms. The van der Waals surface area contributed by atoms with Crippen molar-refractivity contribution in [3.05, 3.63) is 57.8 Å². The molecular formula is C22H33IN4O2S. The van der Waals surface area contributed by atoms with Gasteiger partial charge in [-0.1, -0.05) is 30.3 Å². The van der Waals surface area contributed by atoms with Crippen molar-refractivity contribution in [3.8, 4) is 0 Å². The fourth-order valence-corrected chi connectivity index (χ4v) is 4.33. The Morgan fingerprint density at radius 2 is 2.00 bits per heavy atom. The molecule has 0 amide bonds. The van der Waals surface area contributed by atoms with E-state index in [0.717, 1.165) is 45.4 Å². The van der Waals surface area contributed by atoms with Crippen molar-refractivity contribution in [1.29, 1.82) is 0 Å². The summed E-state index contributed by atoms with van der Waals surface area (Å²) in [7, 11) is 1.72.